The average molecular weight is 308 g/mol. The minimum Gasteiger partial charge on any atom is -0.508 e. The predicted octanol–water partition coefficient (Wildman–Crippen LogP) is 3.87. The number of aryl methyl sites for hydroxylation is 2. The van der Waals surface area contributed by atoms with Gasteiger partial charge in [0.25, 0.3) is 0 Å². The summed E-state index contributed by atoms with van der Waals surface area (Å²) in [5.41, 5.74) is 3.08. The van der Waals surface area contributed by atoms with Crippen molar-refractivity contribution < 1.29 is 14.7 Å². The summed E-state index contributed by atoms with van der Waals surface area (Å²) in [5.74, 6) is -0.0468. The molecule has 3 heteroatoms. The van der Waals surface area contributed by atoms with Crippen molar-refractivity contribution in [3.63, 3.8) is 0 Å². The molecule has 2 aromatic rings. The van der Waals surface area contributed by atoms with Gasteiger partial charge in [-0.3, -0.25) is 9.59 Å². The van der Waals surface area contributed by atoms with Crippen molar-refractivity contribution in [1.29, 1.82) is 0 Å². The minimum atomic E-state index is -0.179. The number of phenolic OH excluding ortho intramolecular Hbond substituents is 1. The summed E-state index contributed by atoms with van der Waals surface area (Å²) in [6.45, 7) is 2.01. The first kappa shape index (κ1) is 16.7. The van der Waals surface area contributed by atoms with Gasteiger partial charge in [-0.05, 0) is 42.7 Å². The van der Waals surface area contributed by atoms with Crippen molar-refractivity contribution in [3.05, 3.63) is 71.3 Å². The summed E-state index contributed by atoms with van der Waals surface area (Å²) in [6.07, 6.45) is 4.03. The maximum absolute atomic E-state index is 11.8. The van der Waals surface area contributed by atoms with Gasteiger partial charge in [0.1, 0.15) is 11.5 Å². The Balaban J connectivity index is 1.79. The molecule has 0 fully saturated rings. The van der Waals surface area contributed by atoms with Crippen LogP contribution in [0.2, 0.25) is 0 Å². The highest BCUT2D eigenvalue weighted by atomic mass is 16.3. The molecule has 0 saturated carbocycles. The Labute approximate surface area is 136 Å². The van der Waals surface area contributed by atoms with Gasteiger partial charge in [0.15, 0.2) is 5.78 Å². The number of hydrogen-bond acceptors (Lipinski definition) is 3. The lowest BCUT2D eigenvalue weighted by Gasteiger charge is -2.01. The van der Waals surface area contributed by atoms with Crippen LogP contribution >= 0.6 is 0 Å². The fraction of sp³-hybridized carbons (Fsp3) is 0.200. The molecular weight excluding hydrogens is 288 g/mol. The smallest absolute Gasteiger partial charge is 0.163 e. The quantitative estimate of drug-likeness (QED) is 0.624. The molecule has 1 N–H and O–H groups in total. The molecule has 118 valence electrons. The zero-order chi connectivity index (χ0) is 16.7. The second-order valence-corrected chi connectivity index (χ2v) is 5.59. The molecule has 0 atom stereocenters. The number of phenols is 1. The first-order valence-corrected chi connectivity index (χ1v) is 7.60. The molecule has 2 rings (SSSR count). The second-order valence-electron chi connectivity index (χ2n) is 5.59. The Morgan fingerprint density at radius 2 is 1.65 bits per heavy atom. The molecule has 2 aromatic carbocycles. The van der Waals surface area contributed by atoms with E-state index in [0.29, 0.717) is 12.8 Å². The molecule has 0 amide bonds. The Morgan fingerprint density at radius 1 is 1.00 bits per heavy atom. The number of aromatic hydroxyl groups is 1. The zero-order valence-electron chi connectivity index (χ0n) is 13.2. The summed E-state index contributed by atoms with van der Waals surface area (Å²) < 4.78 is 0. The molecule has 0 bridgehead atoms. The standard InChI is InChI=1S/C20H20O3/c1-15-2-4-16(5-3-15)8-12-19(22)14-20(23)13-9-17-6-10-18(21)11-7-17/h2-8,10-12,21H,9,13-14H2,1H3/b12-8+. The van der Waals surface area contributed by atoms with Gasteiger partial charge in [0, 0.05) is 6.42 Å². The van der Waals surface area contributed by atoms with Crippen LogP contribution in [0.3, 0.4) is 0 Å². The summed E-state index contributed by atoms with van der Waals surface area (Å²) in [5, 5.41) is 9.20. The van der Waals surface area contributed by atoms with Crippen LogP contribution < -0.4 is 0 Å². The minimum absolute atomic E-state index is 0.0690. The van der Waals surface area contributed by atoms with Crippen molar-refractivity contribution in [2.75, 3.05) is 0 Å². The average Bonchev–Trinajstić information content (AvgIpc) is 2.54. The summed E-state index contributed by atoms with van der Waals surface area (Å²) in [6, 6.07) is 14.6. The number of carbonyl (C=O) groups is 2. The first-order valence-electron chi connectivity index (χ1n) is 7.60. The number of ketones is 2. The third kappa shape index (κ3) is 5.91. The Morgan fingerprint density at radius 3 is 2.30 bits per heavy atom. The summed E-state index contributed by atoms with van der Waals surface area (Å²) in [7, 11) is 0. The van der Waals surface area contributed by atoms with E-state index in [2.05, 4.69) is 0 Å². The highest BCUT2D eigenvalue weighted by molar-refractivity contribution is 6.06. The van der Waals surface area contributed by atoms with Crippen molar-refractivity contribution in [3.8, 4) is 5.75 Å². The largest absolute Gasteiger partial charge is 0.508 e. The zero-order valence-corrected chi connectivity index (χ0v) is 13.2. The fourth-order valence-electron chi connectivity index (χ4n) is 2.15. The van der Waals surface area contributed by atoms with Gasteiger partial charge >= 0.3 is 0 Å². The van der Waals surface area contributed by atoms with E-state index >= 15 is 0 Å². The van der Waals surface area contributed by atoms with Crippen LogP contribution in [0.1, 0.15) is 29.5 Å². The molecule has 23 heavy (non-hydrogen) atoms. The molecule has 0 aliphatic rings. The van der Waals surface area contributed by atoms with E-state index in [1.807, 2.05) is 31.2 Å². The van der Waals surface area contributed by atoms with Gasteiger partial charge in [-0.1, -0.05) is 48.0 Å². The highest BCUT2D eigenvalue weighted by Gasteiger charge is 2.07. The van der Waals surface area contributed by atoms with Gasteiger partial charge < -0.3 is 5.11 Å². The second kappa shape index (κ2) is 8.08. The first-order chi connectivity index (χ1) is 11.0. The molecule has 0 aliphatic heterocycles. The van der Waals surface area contributed by atoms with Gasteiger partial charge in [0.05, 0.1) is 6.42 Å². The molecular formula is C20H20O3. The number of allylic oxidation sites excluding steroid dienone is 1. The predicted molar refractivity (Wildman–Crippen MR) is 91.3 cm³/mol. The Hall–Kier alpha value is -2.68. The van der Waals surface area contributed by atoms with Crippen molar-refractivity contribution in [2.45, 2.75) is 26.2 Å². The van der Waals surface area contributed by atoms with Crippen LogP contribution in [0.25, 0.3) is 6.08 Å². The Bertz CT molecular complexity index is 695. The molecule has 0 unspecified atom stereocenters. The van der Waals surface area contributed by atoms with Crippen LogP contribution in [-0.2, 0) is 16.0 Å². The van der Waals surface area contributed by atoms with Gasteiger partial charge in [-0.15, -0.1) is 0 Å². The van der Waals surface area contributed by atoms with Crippen LogP contribution in [-0.4, -0.2) is 16.7 Å². The summed E-state index contributed by atoms with van der Waals surface area (Å²) in [4.78, 5) is 23.7. The normalized spacial score (nSPS) is 10.8. The van der Waals surface area contributed by atoms with E-state index in [1.54, 1.807) is 30.3 Å². The van der Waals surface area contributed by atoms with Crippen LogP contribution in [0.15, 0.2) is 54.6 Å². The third-order valence-corrected chi connectivity index (χ3v) is 3.54. The van der Waals surface area contributed by atoms with E-state index < -0.39 is 0 Å². The van der Waals surface area contributed by atoms with E-state index in [-0.39, 0.29) is 23.7 Å². The molecule has 0 heterocycles. The van der Waals surface area contributed by atoms with Gasteiger partial charge in [-0.2, -0.15) is 0 Å². The van der Waals surface area contributed by atoms with E-state index in [9.17, 15) is 14.7 Å². The molecule has 0 aliphatic carbocycles. The number of rotatable bonds is 7. The van der Waals surface area contributed by atoms with Crippen LogP contribution in [0, 0.1) is 6.92 Å². The molecule has 0 spiro atoms. The maximum Gasteiger partial charge on any atom is 0.163 e. The lowest BCUT2D eigenvalue weighted by atomic mass is 10.0. The molecule has 0 radical (unpaired) electrons. The topological polar surface area (TPSA) is 54.4 Å². The van der Waals surface area contributed by atoms with E-state index in [4.69, 9.17) is 0 Å². The number of benzene rings is 2. The van der Waals surface area contributed by atoms with E-state index in [0.717, 1.165) is 16.7 Å². The van der Waals surface area contributed by atoms with Crippen molar-refractivity contribution >= 4 is 17.6 Å². The SMILES string of the molecule is Cc1ccc(/C=C/C(=O)CC(=O)CCc2ccc(O)cc2)cc1. The third-order valence-electron chi connectivity index (χ3n) is 3.54. The van der Waals surface area contributed by atoms with Crippen LogP contribution in [0.5, 0.6) is 5.75 Å². The van der Waals surface area contributed by atoms with E-state index in [1.165, 1.54) is 6.08 Å². The lowest BCUT2D eigenvalue weighted by Crippen LogP contribution is -2.06. The number of carbonyl (C=O) groups excluding carboxylic acids is 2. The summed E-state index contributed by atoms with van der Waals surface area (Å²) >= 11 is 0. The number of Topliss-reactive ketones (excluding diaryl/α,β-unsaturated/α-hetero) is 1. The highest BCUT2D eigenvalue weighted by Crippen LogP contribution is 2.12. The van der Waals surface area contributed by atoms with Gasteiger partial charge in [0.2, 0.25) is 0 Å². The molecule has 0 saturated heterocycles. The van der Waals surface area contributed by atoms with Crippen molar-refractivity contribution in [1.82, 2.24) is 0 Å². The molecule has 3 nitrogen and oxygen atoms in total. The van der Waals surface area contributed by atoms with Crippen LogP contribution in [0.4, 0.5) is 0 Å². The fourth-order valence-corrected chi connectivity index (χ4v) is 2.15. The van der Waals surface area contributed by atoms with Crippen molar-refractivity contribution in [2.24, 2.45) is 0 Å². The maximum atomic E-state index is 11.8. The molecule has 0 aromatic heterocycles. The lowest BCUT2D eigenvalue weighted by molar-refractivity contribution is -0.124. The van der Waals surface area contributed by atoms with Gasteiger partial charge in [-0.25, -0.2) is 0 Å². The number of hydrogen-bond donors (Lipinski definition) is 1. The monoisotopic (exact) mass is 308 g/mol. The Kier molecular flexibility index (Phi) is 5.87.